The number of carbonyl (C=O) groups excluding carboxylic acids is 2. The lowest BCUT2D eigenvalue weighted by molar-refractivity contribution is -0.117. The van der Waals surface area contributed by atoms with Gasteiger partial charge in [-0.3, -0.25) is 19.4 Å². The highest BCUT2D eigenvalue weighted by atomic mass is 19.1. The van der Waals surface area contributed by atoms with Crippen LogP contribution in [0.4, 0.5) is 10.1 Å². The number of rotatable bonds is 6. The van der Waals surface area contributed by atoms with E-state index in [4.69, 9.17) is 0 Å². The van der Waals surface area contributed by atoms with E-state index in [0.717, 1.165) is 44.7 Å². The molecule has 28 heavy (non-hydrogen) atoms. The Morgan fingerprint density at radius 3 is 2.25 bits per heavy atom. The van der Waals surface area contributed by atoms with Crippen LogP contribution in [0.1, 0.15) is 29.3 Å². The summed E-state index contributed by atoms with van der Waals surface area (Å²) >= 11 is 0. The predicted molar refractivity (Wildman–Crippen MR) is 108 cm³/mol. The number of benzene rings is 2. The lowest BCUT2D eigenvalue weighted by Gasteiger charge is -2.21. The fraction of sp³-hybridized carbons (Fsp3) is 0.364. The molecule has 148 valence electrons. The van der Waals surface area contributed by atoms with Gasteiger partial charge >= 0.3 is 0 Å². The van der Waals surface area contributed by atoms with E-state index in [-0.39, 0.29) is 17.5 Å². The van der Waals surface area contributed by atoms with Gasteiger partial charge in [-0.25, -0.2) is 4.39 Å². The van der Waals surface area contributed by atoms with E-state index >= 15 is 0 Å². The molecule has 6 heteroatoms. The molecule has 0 atom stereocenters. The SMILES string of the molecule is CC(=O)c1ccc(NC(=O)CN2CCCN(Cc3ccc(F)cc3)CC2)cc1. The van der Waals surface area contributed by atoms with E-state index in [0.29, 0.717) is 17.8 Å². The quantitative estimate of drug-likeness (QED) is 0.779. The fourth-order valence-electron chi connectivity index (χ4n) is 3.38. The third-order valence-corrected chi connectivity index (χ3v) is 4.94. The van der Waals surface area contributed by atoms with Crippen molar-refractivity contribution in [2.45, 2.75) is 19.9 Å². The number of ketones is 1. The first kappa shape index (κ1) is 20.2. The largest absolute Gasteiger partial charge is 0.325 e. The van der Waals surface area contributed by atoms with Crippen LogP contribution in [0.15, 0.2) is 48.5 Å². The van der Waals surface area contributed by atoms with E-state index in [1.165, 1.54) is 19.1 Å². The Labute approximate surface area is 165 Å². The van der Waals surface area contributed by atoms with Crippen LogP contribution < -0.4 is 5.32 Å². The molecule has 1 saturated heterocycles. The Hall–Kier alpha value is -2.57. The molecule has 1 amide bonds. The average Bonchev–Trinajstić information content (AvgIpc) is 2.89. The summed E-state index contributed by atoms with van der Waals surface area (Å²) in [6, 6.07) is 13.6. The number of amides is 1. The van der Waals surface area contributed by atoms with Crippen LogP contribution in [-0.2, 0) is 11.3 Å². The molecule has 1 aliphatic rings. The summed E-state index contributed by atoms with van der Waals surface area (Å²) in [6.07, 6.45) is 0.988. The van der Waals surface area contributed by atoms with Gasteiger partial charge in [-0.15, -0.1) is 0 Å². The van der Waals surface area contributed by atoms with E-state index in [9.17, 15) is 14.0 Å². The van der Waals surface area contributed by atoms with Crippen LogP contribution in [0.5, 0.6) is 0 Å². The van der Waals surface area contributed by atoms with Crippen molar-refractivity contribution in [3.8, 4) is 0 Å². The lowest BCUT2D eigenvalue weighted by atomic mass is 10.1. The Bertz CT molecular complexity index is 806. The van der Waals surface area contributed by atoms with Gasteiger partial charge in [0.15, 0.2) is 5.78 Å². The van der Waals surface area contributed by atoms with E-state index < -0.39 is 0 Å². The summed E-state index contributed by atoms with van der Waals surface area (Å²) in [6.45, 7) is 6.18. The highest BCUT2D eigenvalue weighted by molar-refractivity contribution is 5.96. The first-order valence-corrected chi connectivity index (χ1v) is 9.59. The minimum atomic E-state index is -0.215. The molecule has 5 nitrogen and oxygen atoms in total. The average molecular weight is 383 g/mol. The van der Waals surface area contributed by atoms with Crippen molar-refractivity contribution in [3.05, 3.63) is 65.5 Å². The second-order valence-electron chi connectivity index (χ2n) is 7.21. The molecule has 1 aliphatic heterocycles. The highest BCUT2D eigenvalue weighted by Gasteiger charge is 2.17. The van der Waals surface area contributed by atoms with Crippen LogP contribution >= 0.6 is 0 Å². The Morgan fingerprint density at radius 2 is 1.57 bits per heavy atom. The van der Waals surface area contributed by atoms with Gasteiger partial charge < -0.3 is 5.32 Å². The van der Waals surface area contributed by atoms with Crippen LogP contribution in [0.25, 0.3) is 0 Å². The van der Waals surface area contributed by atoms with Gasteiger partial charge in [0.05, 0.1) is 6.54 Å². The molecule has 0 saturated carbocycles. The molecule has 1 N–H and O–H groups in total. The first-order chi connectivity index (χ1) is 13.5. The number of carbonyl (C=O) groups is 2. The maximum Gasteiger partial charge on any atom is 0.238 e. The monoisotopic (exact) mass is 383 g/mol. The molecule has 0 bridgehead atoms. The van der Waals surface area contributed by atoms with Crippen molar-refractivity contribution in [1.82, 2.24) is 9.80 Å². The molecular formula is C22H26FN3O2. The fourth-order valence-corrected chi connectivity index (χ4v) is 3.38. The third kappa shape index (κ3) is 5.97. The Morgan fingerprint density at radius 1 is 0.929 bits per heavy atom. The maximum atomic E-state index is 13.0. The molecule has 2 aromatic rings. The van der Waals surface area contributed by atoms with Crippen LogP contribution in [-0.4, -0.2) is 54.2 Å². The number of hydrogen-bond donors (Lipinski definition) is 1. The van der Waals surface area contributed by atoms with Gasteiger partial charge in [-0.05, 0) is 68.4 Å². The van der Waals surface area contributed by atoms with Gasteiger partial charge in [0.2, 0.25) is 5.91 Å². The highest BCUT2D eigenvalue weighted by Crippen LogP contribution is 2.12. The molecule has 1 fully saturated rings. The van der Waals surface area contributed by atoms with Gasteiger partial charge in [0.25, 0.3) is 0 Å². The molecule has 2 aromatic carbocycles. The van der Waals surface area contributed by atoms with E-state index in [2.05, 4.69) is 15.1 Å². The molecule has 1 heterocycles. The molecule has 0 aromatic heterocycles. The Balaban J connectivity index is 1.46. The number of nitrogens with zero attached hydrogens (tertiary/aromatic N) is 2. The molecule has 0 spiro atoms. The van der Waals surface area contributed by atoms with Crippen molar-refractivity contribution < 1.29 is 14.0 Å². The van der Waals surface area contributed by atoms with E-state index in [1.807, 2.05) is 12.1 Å². The second-order valence-corrected chi connectivity index (χ2v) is 7.21. The van der Waals surface area contributed by atoms with Crippen molar-refractivity contribution in [2.75, 3.05) is 38.0 Å². The zero-order valence-corrected chi connectivity index (χ0v) is 16.2. The smallest absolute Gasteiger partial charge is 0.238 e. The zero-order chi connectivity index (χ0) is 19.9. The molecule has 3 rings (SSSR count). The third-order valence-electron chi connectivity index (χ3n) is 4.94. The molecule has 0 aliphatic carbocycles. The predicted octanol–water partition coefficient (Wildman–Crippen LogP) is 3.17. The summed E-state index contributed by atoms with van der Waals surface area (Å²) in [4.78, 5) is 28.2. The van der Waals surface area contributed by atoms with Crippen LogP contribution in [0, 0.1) is 5.82 Å². The first-order valence-electron chi connectivity index (χ1n) is 9.59. The van der Waals surface area contributed by atoms with Gasteiger partial charge in [0, 0.05) is 30.9 Å². The summed E-state index contributed by atoms with van der Waals surface area (Å²) < 4.78 is 13.0. The number of Topliss-reactive ketones (excluding diaryl/α,β-unsaturated/α-hetero) is 1. The van der Waals surface area contributed by atoms with E-state index in [1.54, 1.807) is 24.3 Å². The number of anilines is 1. The van der Waals surface area contributed by atoms with Crippen molar-refractivity contribution in [3.63, 3.8) is 0 Å². The normalized spacial score (nSPS) is 15.8. The molecular weight excluding hydrogens is 357 g/mol. The zero-order valence-electron chi connectivity index (χ0n) is 16.2. The van der Waals surface area contributed by atoms with Crippen LogP contribution in [0.3, 0.4) is 0 Å². The summed E-state index contributed by atoms with van der Waals surface area (Å²) in [5, 5.41) is 2.89. The number of nitrogens with one attached hydrogen (secondary N) is 1. The summed E-state index contributed by atoms with van der Waals surface area (Å²) in [5.41, 5.74) is 2.43. The number of hydrogen-bond acceptors (Lipinski definition) is 4. The van der Waals surface area contributed by atoms with Gasteiger partial charge in [0.1, 0.15) is 5.82 Å². The topological polar surface area (TPSA) is 52.7 Å². The minimum absolute atomic E-state index is 0.00707. The second kappa shape index (κ2) is 9.57. The van der Waals surface area contributed by atoms with Crippen molar-refractivity contribution >= 4 is 17.4 Å². The number of halogens is 1. The molecule has 0 unspecified atom stereocenters. The lowest BCUT2D eigenvalue weighted by Crippen LogP contribution is -2.36. The van der Waals surface area contributed by atoms with Crippen LogP contribution in [0.2, 0.25) is 0 Å². The van der Waals surface area contributed by atoms with Crippen molar-refractivity contribution in [1.29, 1.82) is 0 Å². The molecule has 0 radical (unpaired) electrons. The Kier molecular flexibility index (Phi) is 6.90. The summed E-state index contributed by atoms with van der Waals surface area (Å²) in [7, 11) is 0. The van der Waals surface area contributed by atoms with Crippen molar-refractivity contribution in [2.24, 2.45) is 0 Å². The maximum absolute atomic E-state index is 13.0. The van der Waals surface area contributed by atoms with Gasteiger partial charge in [-0.1, -0.05) is 12.1 Å². The minimum Gasteiger partial charge on any atom is -0.325 e. The standard InChI is InChI=1S/C22H26FN3O2/c1-17(27)19-5-9-21(10-6-19)24-22(28)16-26-12-2-11-25(13-14-26)15-18-3-7-20(23)8-4-18/h3-10H,2,11-16H2,1H3,(H,24,28). The summed E-state index contributed by atoms with van der Waals surface area (Å²) in [5.74, 6) is -0.261. The van der Waals surface area contributed by atoms with Gasteiger partial charge in [-0.2, -0.15) is 0 Å².